The molecule has 0 bridgehead atoms. The number of rotatable bonds is 10. The van der Waals surface area contributed by atoms with E-state index >= 15 is 0 Å². The van der Waals surface area contributed by atoms with Crippen LogP contribution in [0.1, 0.15) is 12.0 Å². The van der Waals surface area contributed by atoms with Crippen LogP contribution in [0.4, 0.5) is 22.0 Å². The van der Waals surface area contributed by atoms with E-state index in [0.29, 0.717) is 59.3 Å². The summed E-state index contributed by atoms with van der Waals surface area (Å²) in [6, 6.07) is 12.1. The van der Waals surface area contributed by atoms with Crippen LogP contribution in [-0.2, 0) is 6.42 Å². The van der Waals surface area contributed by atoms with Gasteiger partial charge in [-0.3, -0.25) is 14.4 Å². The van der Waals surface area contributed by atoms with E-state index in [1.165, 1.54) is 24.5 Å². The van der Waals surface area contributed by atoms with Crippen molar-refractivity contribution in [3.05, 3.63) is 66.1 Å². The fraction of sp³-hybridized carbons (Fsp3) is 0.300. The number of ether oxygens (including phenoxy) is 3. The third-order valence-corrected chi connectivity index (χ3v) is 8.37. The van der Waals surface area contributed by atoms with Gasteiger partial charge in [-0.1, -0.05) is 6.07 Å². The first-order chi connectivity index (χ1) is 20.2. The molecule has 1 aliphatic heterocycles. The minimum atomic E-state index is -4.54. The van der Waals surface area contributed by atoms with E-state index in [9.17, 15) is 22.0 Å². The molecule has 1 N–H and O–H groups in total. The highest BCUT2D eigenvalue weighted by Gasteiger charge is 2.31. The van der Waals surface area contributed by atoms with Gasteiger partial charge < -0.3 is 14.2 Å². The Labute approximate surface area is 241 Å². The van der Waals surface area contributed by atoms with E-state index in [0.717, 1.165) is 27.7 Å². The average molecular weight is 604 g/mol. The Kier molecular flexibility index (Phi) is 7.67. The summed E-state index contributed by atoms with van der Waals surface area (Å²) in [5.41, 5.74) is 0.789. The second-order valence-corrected chi connectivity index (χ2v) is 11.1. The van der Waals surface area contributed by atoms with Gasteiger partial charge in [-0.25, -0.2) is 4.39 Å². The molecule has 0 saturated carbocycles. The third kappa shape index (κ3) is 5.73. The summed E-state index contributed by atoms with van der Waals surface area (Å²) in [6.07, 6.45) is -3.72. The van der Waals surface area contributed by atoms with Gasteiger partial charge in [0.15, 0.2) is 17.2 Å². The smallest absolute Gasteiger partial charge is 0.393 e. The standard InChI is InChI=1S/C30H26F5N3O3S/c1-39-26-12-19(40-20-15-38(16-20)10-2-9-31)4-8-25(26)41-27-22-6-7-24-23(14-36-37-24)28(22)42-29(27)21-5-3-18(32)11-17(21)13-30(33,34)35/h3-8,11-12,14,20H,2,9-10,13,15-16H2,1H3,(H,36,37). The van der Waals surface area contributed by atoms with Gasteiger partial charge >= 0.3 is 6.18 Å². The van der Waals surface area contributed by atoms with Gasteiger partial charge in [0.2, 0.25) is 0 Å². The Bertz CT molecular complexity index is 1730. The summed E-state index contributed by atoms with van der Waals surface area (Å²) < 4.78 is 85.9. The number of methoxy groups -OCH3 is 1. The molecule has 5 aromatic rings. The predicted octanol–water partition coefficient (Wildman–Crippen LogP) is 7.91. The van der Waals surface area contributed by atoms with Crippen LogP contribution < -0.4 is 14.2 Å². The van der Waals surface area contributed by atoms with Crippen molar-refractivity contribution in [1.82, 2.24) is 15.1 Å². The van der Waals surface area contributed by atoms with Crippen LogP contribution in [0.25, 0.3) is 31.4 Å². The lowest BCUT2D eigenvalue weighted by molar-refractivity contribution is -0.127. The molecule has 0 unspecified atom stereocenters. The minimum Gasteiger partial charge on any atom is -0.493 e. The van der Waals surface area contributed by atoms with Gasteiger partial charge in [0.05, 0.1) is 36.8 Å². The Hall–Kier alpha value is -3.90. The normalized spacial score (nSPS) is 14.4. The van der Waals surface area contributed by atoms with Gasteiger partial charge in [-0.05, 0) is 53.9 Å². The maximum atomic E-state index is 14.1. The maximum Gasteiger partial charge on any atom is 0.393 e. The van der Waals surface area contributed by atoms with Crippen molar-refractivity contribution < 1.29 is 36.2 Å². The highest BCUT2D eigenvalue weighted by Crippen LogP contribution is 2.51. The quantitative estimate of drug-likeness (QED) is 0.165. The highest BCUT2D eigenvalue weighted by atomic mass is 32.1. The van der Waals surface area contributed by atoms with Crippen LogP contribution in [0.2, 0.25) is 0 Å². The Balaban J connectivity index is 1.38. The number of thiophene rings is 1. The molecule has 42 heavy (non-hydrogen) atoms. The summed E-state index contributed by atoms with van der Waals surface area (Å²) in [7, 11) is 1.48. The van der Waals surface area contributed by atoms with Crippen LogP contribution in [0.3, 0.4) is 0 Å². The van der Waals surface area contributed by atoms with Crippen molar-refractivity contribution in [2.24, 2.45) is 0 Å². The molecule has 0 aliphatic carbocycles. The van der Waals surface area contributed by atoms with Crippen molar-refractivity contribution in [3.63, 3.8) is 0 Å². The molecule has 12 heteroatoms. The van der Waals surface area contributed by atoms with Gasteiger partial charge in [0.1, 0.15) is 17.7 Å². The number of hydrogen-bond acceptors (Lipinski definition) is 6. The number of likely N-dealkylation sites (tertiary alicyclic amines) is 1. The molecule has 3 aromatic carbocycles. The van der Waals surface area contributed by atoms with Gasteiger partial charge in [-0.2, -0.15) is 18.3 Å². The molecule has 6 rings (SSSR count). The lowest BCUT2D eigenvalue weighted by atomic mass is 10.0. The predicted molar refractivity (Wildman–Crippen MR) is 151 cm³/mol. The number of nitrogens with zero attached hydrogens (tertiary/aromatic N) is 2. The van der Waals surface area contributed by atoms with Gasteiger partial charge in [-0.15, -0.1) is 11.3 Å². The minimum absolute atomic E-state index is 0.0311. The number of aromatic nitrogens is 2. The number of nitrogens with one attached hydrogen (secondary N) is 1. The lowest BCUT2D eigenvalue weighted by Gasteiger charge is -2.38. The number of benzene rings is 3. The van der Waals surface area contributed by atoms with Crippen LogP contribution in [0, 0.1) is 5.82 Å². The van der Waals surface area contributed by atoms with Crippen LogP contribution >= 0.6 is 11.3 Å². The van der Waals surface area contributed by atoms with Crippen LogP contribution in [-0.4, -0.2) is 60.8 Å². The van der Waals surface area contributed by atoms with E-state index in [2.05, 4.69) is 15.1 Å². The number of alkyl halides is 4. The van der Waals surface area contributed by atoms with Crippen molar-refractivity contribution in [2.75, 3.05) is 33.4 Å². The molecule has 0 amide bonds. The maximum absolute atomic E-state index is 14.1. The van der Waals surface area contributed by atoms with Crippen molar-refractivity contribution in [2.45, 2.75) is 25.1 Å². The fourth-order valence-electron chi connectivity index (χ4n) is 5.15. The number of hydrogen-bond donors (Lipinski definition) is 1. The summed E-state index contributed by atoms with van der Waals surface area (Å²) in [4.78, 5) is 2.53. The van der Waals surface area contributed by atoms with Gasteiger partial charge in [0, 0.05) is 41.2 Å². The number of halogens is 5. The van der Waals surface area contributed by atoms with Crippen LogP contribution in [0.5, 0.6) is 23.0 Å². The fourth-order valence-corrected chi connectivity index (χ4v) is 6.45. The second-order valence-electron chi connectivity index (χ2n) is 10.1. The molecule has 1 saturated heterocycles. The Morgan fingerprint density at radius 3 is 2.64 bits per heavy atom. The molecule has 220 valence electrons. The number of aromatic amines is 1. The number of H-pyrrole nitrogens is 1. The van der Waals surface area contributed by atoms with Crippen molar-refractivity contribution in [1.29, 1.82) is 0 Å². The zero-order chi connectivity index (χ0) is 29.4. The summed E-state index contributed by atoms with van der Waals surface area (Å²) in [5, 5.41) is 8.46. The number of fused-ring (bicyclic) bond motifs is 3. The van der Waals surface area contributed by atoms with E-state index in [1.807, 2.05) is 12.1 Å². The molecular formula is C30H26F5N3O3S. The lowest BCUT2D eigenvalue weighted by Crippen LogP contribution is -2.53. The van der Waals surface area contributed by atoms with Gasteiger partial charge in [0.25, 0.3) is 0 Å². The summed E-state index contributed by atoms with van der Waals surface area (Å²) >= 11 is 1.25. The topological polar surface area (TPSA) is 59.6 Å². The van der Waals surface area contributed by atoms with E-state index in [4.69, 9.17) is 14.2 Å². The summed E-state index contributed by atoms with van der Waals surface area (Å²) in [5.74, 6) is 0.827. The Morgan fingerprint density at radius 2 is 1.88 bits per heavy atom. The molecule has 3 heterocycles. The van der Waals surface area contributed by atoms with E-state index in [-0.39, 0.29) is 23.9 Å². The first-order valence-corrected chi connectivity index (χ1v) is 14.1. The highest BCUT2D eigenvalue weighted by molar-refractivity contribution is 7.23. The van der Waals surface area contributed by atoms with E-state index in [1.54, 1.807) is 24.4 Å². The molecule has 6 nitrogen and oxygen atoms in total. The summed E-state index contributed by atoms with van der Waals surface area (Å²) in [6.45, 7) is 1.74. The Morgan fingerprint density at radius 1 is 1.05 bits per heavy atom. The van der Waals surface area contributed by atoms with Crippen molar-refractivity contribution in [3.8, 4) is 33.4 Å². The van der Waals surface area contributed by atoms with Crippen LogP contribution in [0.15, 0.2) is 54.7 Å². The first-order valence-electron chi connectivity index (χ1n) is 13.3. The molecule has 0 atom stereocenters. The molecule has 0 radical (unpaired) electrons. The third-order valence-electron chi connectivity index (χ3n) is 7.11. The molecular weight excluding hydrogens is 577 g/mol. The average Bonchev–Trinajstić information content (AvgIpc) is 3.54. The first kappa shape index (κ1) is 28.2. The van der Waals surface area contributed by atoms with Crippen molar-refractivity contribution >= 4 is 32.3 Å². The second kappa shape index (κ2) is 11.4. The molecule has 2 aromatic heterocycles. The van der Waals surface area contributed by atoms with E-state index < -0.39 is 18.4 Å². The molecule has 0 spiro atoms. The largest absolute Gasteiger partial charge is 0.493 e. The molecule has 1 fully saturated rings. The zero-order valence-corrected chi connectivity index (χ0v) is 23.2. The monoisotopic (exact) mass is 603 g/mol. The zero-order valence-electron chi connectivity index (χ0n) is 22.4. The molecule has 1 aliphatic rings. The SMILES string of the molecule is COc1cc(OC2CN(CCCF)C2)ccc1Oc1c(-c2ccc(F)cc2CC(F)(F)F)sc2c1ccc1[nH]ncc12.